The van der Waals surface area contributed by atoms with Crippen LogP contribution in [0, 0.1) is 10.1 Å². The van der Waals surface area contributed by atoms with Crippen LogP contribution in [0.3, 0.4) is 0 Å². The van der Waals surface area contributed by atoms with E-state index >= 15 is 0 Å². The number of nitro groups is 1. The van der Waals surface area contributed by atoms with Crippen LogP contribution >= 0.6 is 0 Å². The molecule has 0 unspecified atom stereocenters. The van der Waals surface area contributed by atoms with Gasteiger partial charge < -0.3 is 0 Å². The van der Waals surface area contributed by atoms with Gasteiger partial charge in [-0.1, -0.05) is 12.8 Å². The number of rotatable bonds is 2. The predicted molar refractivity (Wildman–Crippen MR) is 63.9 cm³/mol. The highest BCUT2D eigenvalue weighted by Crippen LogP contribution is 2.30. The fraction of sp³-hybridized carbons (Fsp3) is 0.417. The summed E-state index contributed by atoms with van der Waals surface area (Å²) >= 11 is 0. The molecule has 5 heteroatoms. The summed E-state index contributed by atoms with van der Waals surface area (Å²) < 4.78 is 1.97. The van der Waals surface area contributed by atoms with Gasteiger partial charge >= 0.3 is 0 Å². The third kappa shape index (κ3) is 1.77. The fourth-order valence-electron chi connectivity index (χ4n) is 2.49. The second kappa shape index (κ2) is 3.84. The summed E-state index contributed by atoms with van der Waals surface area (Å²) in [5, 5.41) is 16.1. The predicted octanol–water partition coefficient (Wildman–Crippen LogP) is 3.06. The van der Waals surface area contributed by atoms with Gasteiger partial charge in [-0.3, -0.25) is 14.8 Å². The summed E-state index contributed by atoms with van der Waals surface area (Å²) in [6.45, 7) is 0. The van der Waals surface area contributed by atoms with Crippen molar-refractivity contribution in [2.24, 2.45) is 0 Å². The lowest BCUT2D eigenvalue weighted by Gasteiger charge is -2.07. The summed E-state index contributed by atoms with van der Waals surface area (Å²) in [6.07, 6.45) is 6.82. The van der Waals surface area contributed by atoms with E-state index in [9.17, 15) is 10.1 Å². The van der Waals surface area contributed by atoms with Gasteiger partial charge in [0, 0.05) is 23.7 Å². The molecule has 1 aromatic heterocycles. The molecule has 17 heavy (non-hydrogen) atoms. The molecule has 0 aliphatic heterocycles. The van der Waals surface area contributed by atoms with E-state index in [1.165, 1.54) is 18.9 Å². The lowest BCUT2D eigenvalue weighted by molar-refractivity contribution is -0.384. The van der Waals surface area contributed by atoms with Crippen LogP contribution < -0.4 is 0 Å². The molecule has 0 spiro atoms. The molecule has 1 heterocycles. The minimum Gasteiger partial charge on any atom is -0.268 e. The van der Waals surface area contributed by atoms with Gasteiger partial charge in [-0.25, -0.2) is 0 Å². The monoisotopic (exact) mass is 231 g/mol. The number of hydrogen-bond donors (Lipinski definition) is 0. The fourth-order valence-corrected chi connectivity index (χ4v) is 2.49. The summed E-state index contributed by atoms with van der Waals surface area (Å²) in [5.74, 6) is 0. The van der Waals surface area contributed by atoms with Crippen LogP contribution in [0.25, 0.3) is 10.9 Å². The molecule has 88 valence electrons. The Morgan fingerprint density at radius 1 is 1.35 bits per heavy atom. The lowest BCUT2D eigenvalue weighted by Crippen LogP contribution is -2.04. The molecule has 1 fully saturated rings. The maximum absolute atomic E-state index is 10.7. The van der Waals surface area contributed by atoms with Crippen LogP contribution in [-0.4, -0.2) is 14.7 Å². The molecule has 0 amide bonds. The number of nitrogens with zero attached hydrogens (tertiary/aromatic N) is 3. The van der Waals surface area contributed by atoms with Gasteiger partial charge in [0.15, 0.2) is 0 Å². The molecule has 5 nitrogen and oxygen atoms in total. The van der Waals surface area contributed by atoms with Crippen molar-refractivity contribution >= 4 is 16.6 Å². The van der Waals surface area contributed by atoms with Crippen molar-refractivity contribution in [2.75, 3.05) is 0 Å². The molecule has 0 saturated heterocycles. The Morgan fingerprint density at radius 2 is 2.12 bits per heavy atom. The Morgan fingerprint density at radius 3 is 2.82 bits per heavy atom. The summed E-state index contributed by atoms with van der Waals surface area (Å²) in [6, 6.07) is 5.32. The first-order valence-corrected chi connectivity index (χ1v) is 5.87. The van der Waals surface area contributed by atoms with Gasteiger partial charge in [0.1, 0.15) is 0 Å². The van der Waals surface area contributed by atoms with E-state index in [2.05, 4.69) is 5.10 Å². The van der Waals surface area contributed by atoms with Gasteiger partial charge in [-0.2, -0.15) is 5.10 Å². The molecule has 1 saturated carbocycles. The largest absolute Gasteiger partial charge is 0.271 e. The molecule has 0 N–H and O–H groups in total. The van der Waals surface area contributed by atoms with Crippen LogP contribution in [0.4, 0.5) is 5.69 Å². The van der Waals surface area contributed by atoms with Crippen LogP contribution in [0.1, 0.15) is 31.7 Å². The topological polar surface area (TPSA) is 61.0 Å². The molecule has 1 aliphatic carbocycles. The molecular weight excluding hydrogens is 218 g/mol. The van der Waals surface area contributed by atoms with Crippen molar-refractivity contribution in [3.63, 3.8) is 0 Å². The average molecular weight is 231 g/mol. The number of non-ortho nitro benzene ring substituents is 1. The Hall–Kier alpha value is -1.91. The lowest BCUT2D eigenvalue weighted by atomic mass is 10.2. The second-order valence-corrected chi connectivity index (χ2v) is 4.55. The number of aromatic nitrogens is 2. The summed E-state index contributed by atoms with van der Waals surface area (Å²) in [5.41, 5.74) is 0.820. The first kappa shape index (κ1) is 10.3. The average Bonchev–Trinajstić information content (AvgIpc) is 2.96. The molecule has 0 atom stereocenters. The molecule has 2 aromatic rings. The highest BCUT2D eigenvalue weighted by molar-refractivity contribution is 5.80. The van der Waals surface area contributed by atoms with E-state index in [1.54, 1.807) is 12.1 Å². The van der Waals surface area contributed by atoms with E-state index in [0.29, 0.717) is 11.6 Å². The summed E-state index contributed by atoms with van der Waals surface area (Å²) in [7, 11) is 0. The van der Waals surface area contributed by atoms with Gasteiger partial charge in [0.2, 0.25) is 0 Å². The highest BCUT2D eigenvalue weighted by Gasteiger charge is 2.18. The maximum Gasteiger partial charge on any atom is 0.271 e. The van der Waals surface area contributed by atoms with Crippen LogP contribution in [0.2, 0.25) is 0 Å². The smallest absolute Gasteiger partial charge is 0.268 e. The van der Waals surface area contributed by atoms with Crippen LogP contribution in [0.15, 0.2) is 24.4 Å². The van der Waals surface area contributed by atoms with E-state index in [-0.39, 0.29) is 10.6 Å². The molecule has 0 bridgehead atoms. The van der Waals surface area contributed by atoms with Crippen LogP contribution in [-0.2, 0) is 0 Å². The minimum atomic E-state index is -0.381. The molecule has 1 aromatic carbocycles. The zero-order chi connectivity index (χ0) is 11.8. The van der Waals surface area contributed by atoms with Gasteiger partial charge in [0.05, 0.1) is 16.5 Å². The van der Waals surface area contributed by atoms with Gasteiger partial charge in [0.25, 0.3) is 5.69 Å². The molecule has 1 aliphatic rings. The number of fused-ring (bicyclic) bond motifs is 1. The van der Waals surface area contributed by atoms with Crippen molar-refractivity contribution in [1.29, 1.82) is 0 Å². The first-order chi connectivity index (χ1) is 8.24. The molecule has 0 radical (unpaired) electrons. The first-order valence-electron chi connectivity index (χ1n) is 5.87. The van der Waals surface area contributed by atoms with Crippen molar-refractivity contribution in [2.45, 2.75) is 31.7 Å². The SMILES string of the molecule is O=[N+]([O-])c1ccc2cn(C3CCCC3)nc2c1. The van der Waals surface area contributed by atoms with Crippen molar-refractivity contribution < 1.29 is 4.92 Å². The number of hydrogen-bond acceptors (Lipinski definition) is 3. The highest BCUT2D eigenvalue weighted by atomic mass is 16.6. The normalized spacial score (nSPS) is 16.7. The van der Waals surface area contributed by atoms with E-state index < -0.39 is 0 Å². The minimum absolute atomic E-state index is 0.106. The van der Waals surface area contributed by atoms with E-state index in [4.69, 9.17) is 0 Å². The zero-order valence-electron chi connectivity index (χ0n) is 9.37. The zero-order valence-corrected chi connectivity index (χ0v) is 9.37. The standard InChI is InChI=1S/C12H13N3O2/c16-15(17)11-6-5-9-8-14(13-12(9)7-11)10-3-1-2-4-10/h5-8,10H,1-4H2. The van der Waals surface area contributed by atoms with E-state index in [1.807, 2.05) is 10.9 Å². The quantitative estimate of drug-likeness (QED) is 0.589. The third-order valence-electron chi connectivity index (χ3n) is 3.42. The molecule has 3 rings (SSSR count). The van der Waals surface area contributed by atoms with Gasteiger partial charge in [-0.05, 0) is 18.9 Å². The Balaban J connectivity index is 2.03. The summed E-state index contributed by atoms with van der Waals surface area (Å²) in [4.78, 5) is 10.3. The third-order valence-corrected chi connectivity index (χ3v) is 3.42. The number of benzene rings is 1. The van der Waals surface area contributed by atoms with E-state index in [0.717, 1.165) is 18.2 Å². The Kier molecular flexibility index (Phi) is 2.31. The van der Waals surface area contributed by atoms with Gasteiger partial charge in [-0.15, -0.1) is 0 Å². The van der Waals surface area contributed by atoms with Crippen molar-refractivity contribution in [3.05, 3.63) is 34.5 Å². The van der Waals surface area contributed by atoms with Crippen LogP contribution in [0.5, 0.6) is 0 Å². The van der Waals surface area contributed by atoms with Crippen molar-refractivity contribution in [1.82, 2.24) is 9.78 Å². The number of nitro benzene ring substituents is 1. The van der Waals surface area contributed by atoms with Crippen molar-refractivity contribution in [3.8, 4) is 0 Å². The second-order valence-electron chi connectivity index (χ2n) is 4.55. The maximum atomic E-state index is 10.7. The Labute approximate surface area is 98.2 Å². The molecular formula is C12H13N3O2. The Bertz CT molecular complexity index is 570.